The molecule has 0 fully saturated rings. The molecule has 2 aromatic rings. The first-order valence-electron chi connectivity index (χ1n) is 5.76. The van der Waals surface area contributed by atoms with Crippen LogP contribution in [0.5, 0.6) is 0 Å². The van der Waals surface area contributed by atoms with Crippen LogP contribution in [-0.2, 0) is 6.42 Å². The molecule has 92 valence electrons. The minimum absolute atomic E-state index is 0.239. The van der Waals surface area contributed by atoms with Gasteiger partial charge in [-0.2, -0.15) is 5.10 Å². The van der Waals surface area contributed by atoms with E-state index in [-0.39, 0.29) is 5.69 Å². The molecule has 0 bridgehead atoms. The highest BCUT2D eigenvalue weighted by Crippen LogP contribution is 2.07. The third-order valence-corrected chi connectivity index (χ3v) is 2.98. The van der Waals surface area contributed by atoms with E-state index in [1.807, 2.05) is 20.0 Å². The lowest BCUT2D eigenvalue weighted by Crippen LogP contribution is -2.27. The van der Waals surface area contributed by atoms with E-state index in [9.17, 15) is 4.79 Å². The fourth-order valence-electron chi connectivity index (χ4n) is 1.97. The number of hydrogen-bond donors (Lipinski definition) is 2. The van der Waals surface area contributed by atoms with Gasteiger partial charge in [0.05, 0.1) is 0 Å². The molecule has 0 aliphatic heterocycles. The van der Waals surface area contributed by atoms with E-state index in [2.05, 4.69) is 27.4 Å². The molecule has 6 nitrogen and oxygen atoms in total. The third-order valence-electron chi connectivity index (χ3n) is 2.98. The maximum atomic E-state index is 11.4. The van der Waals surface area contributed by atoms with Crippen LogP contribution >= 0.6 is 0 Å². The Labute approximate surface area is 99.1 Å². The second-order valence-corrected chi connectivity index (χ2v) is 4.12. The SMILES string of the molecule is CCC(Cc1cc2n[nH]c(=O)n2c(C)n1)NC. The molecule has 2 N–H and O–H groups in total. The number of nitrogens with one attached hydrogen (secondary N) is 2. The topological polar surface area (TPSA) is 75.1 Å². The Kier molecular flexibility index (Phi) is 3.23. The summed E-state index contributed by atoms with van der Waals surface area (Å²) >= 11 is 0. The van der Waals surface area contributed by atoms with Crippen molar-refractivity contribution >= 4 is 5.65 Å². The van der Waals surface area contributed by atoms with Crippen LogP contribution in [0.15, 0.2) is 10.9 Å². The van der Waals surface area contributed by atoms with E-state index in [4.69, 9.17) is 0 Å². The zero-order chi connectivity index (χ0) is 12.4. The minimum atomic E-state index is -0.239. The van der Waals surface area contributed by atoms with E-state index in [0.717, 1.165) is 18.5 Å². The Balaban J connectivity index is 2.40. The second-order valence-electron chi connectivity index (χ2n) is 4.12. The lowest BCUT2D eigenvalue weighted by atomic mass is 10.1. The van der Waals surface area contributed by atoms with Gasteiger partial charge in [-0.05, 0) is 20.4 Å². The summed E-state index contributed by atoms with van der Waals surface area (Å²) in [7, 11) is 1.94. The first-order valence-corrected chi connectivity index (χ1v) is 5.76. The molecule has 2 heterocycles. The van der Waals surface area contributed by atoms with Crippen molar-refractivity contribution in [2.45, 2.75) is 32.7 Å². The van der Waals surface area contributed by atoms with Gasteiger partial charge in [-0.1, -0.05) is 6.92 Å². The first kappa shape index (κ1) is 11.8. The highest BCUT2D eigenvalue weighted by atomic mass is 16.1. The molecule has 0 aliphatic carbocycles. The smallest absolute Gasteiger partial charge is 0.317 e. The summed E-state index contributed by atoms with van der Waals surface area (Å²) in [5.41, 5.74) is 1.34. The number of likely N-dealkylation sites (N-methyl/N-ethyl adjacent to an activating group) is 1. The number of fused-ring (bicyclic) bond motifs is 1. The van der Waals surface area contributed by atoms with Crippen LogP contribution in [0.4, 0.5) is 0 Å². The number of nitrogens with zero attached hydrogens (tertiary/aromatic N) is 3. The number of aromatic nitrogens is 4. The van der Waals surface area contributed by atoms with Gasteiger partial charge in [-0.25, -0.2) is 19.3 Å². The van der Waals surface area contributed by atoms with Gasteiger partial charge in [0.25, 0.3) is 0 Å². The molecular weight excluding hydrogens is 218 g/mol. The van der Waals surface area contributed by atoms with Crippen LogP contribution < -0.4 is 11.0 Å². The van der Waals surface area contributed by atoms with Crippen LogP contribution in [0.2, 0.25) is 0 Å². The van der Waals surface area contributed by atoms with Crippen molar-refractivity contribution in [3.63, 3.8) is 0 Å². The fraction of sp³-hybridized carbons (Fsp3) is 0.545. The molecule has 0 radical (unpaired) electrons. The lowest BCUT2D eigenvalue weighted by Gasteiger charge is -2.13. The largest absolute Gasteiger partial charge is 0.349 e. The fourth-order valence-corrected chi connectivity index (χ4v) is 1.97. The van der Waals surface area contributed by atoms with Crippen LogP contribution in [0.25, 0.3) is 5.65 Å². The van der Waals surface area contributed by atoms with Crippen molar-refractivity contribution in [2.24, 2.45) is 0 Å². The summed E-state index contributed by atoms with van der Waals surface area (Å²) in [4.78, 5) is 15.9. The summed E-state index contributed by atoms with van der Waals surface area (Å²) in [6.07, 6.45) is 1.88. The number of H-pyrrole nitrogens is 1. The molecule has 1 unspecified atom stereocenters. The maximum Gasteiger partial charge on any atom is 0.349 e. The highest BCUT2D eigenvalue weighted by molar-refractivity contribution is 5.38. The van der Waals surface area contributed by atoms with Crippen molar-refractivity contribution in [1.82, 2.24) is 24.9 Å². The zero-order valence-corrected chi connectivity index (χ0v) is 10.3. The average molecular weight is 235 g/mol. The van der Waals surface area contributed by atoms with Crippen molar-refractivity contribution < 1.29 is 0 Å². The summed E-state index contributed by atoms with van der Waals surface area (Å²) in [6, 6.07) is 2.25. The van der Waals surface area contributed by atoms with Crippen LogP contribution in [0.3, 0.4) is 0 Å². The Morgan fingerprint density at radius 2 is 2.35 bits per heavy atom. The molecule has 0 saturated carbocycles. The number of hydrogen-bond acceptors (Lipinski definition) is 4. The van der Waals surface area contributed by atoms with E-state index < -0.39 is 0 Å². The van der Waals surface area contributed by atoms with Gasteiger partial charge in [-0.15, -0.1) is 0 Å². The maximum absolute atomic E-state index is 11.4. The number of aromatic amines is 1. The molecule has 0 amide bonds. The molecule has 0 aromatic carbocycles. The highest BCUT2D eigenvalue weighted by Gasteiger charge is 2.10. The van der Waals surface area contributed by atoms with Crippen molar-refractivity contribution in [3.8, 4) is 0 Å². The lowest BCUT2D eigenvalue weighted by molar-refractivity contribution is 0.536. The van der Waals surface area contributed by atoms with Crippen molar-refractivity contribution in [3.05, 3.63) is 28.1 Å². The van der Waals surface area contributed by atoms with Crippen LogP contribution in [0.1, 0.15) is 24.9 Å². The summed E-state index contributed by atoms with van der Waals surface area (Å²) in [5.74, 6) is 0.669. The molecule has 6 heteroatoms. The van der Waals surface area contributed by atoms with E-state index >= 15 is 0 Å². The first-order chi connectivity index (χ1) is 8.15. The number of aryl methyl sites for hydroxylation is 1. The molecule has 0 aliphatic rings. The average Bonchev–Trinajstić information content (AvgIpc) is 2.68. The summed E-state index contributed by atoms with van der Waals surface area (Å²) in [6.45, 7) is 3.94. The Morgan fingerprint density at radius 1 is 1.59 bits per heavy atom. The monoisotopic (exact) mass is 235 g/mol. The molecule has 0 spiro atoms. The molecule has 2 rings (SSSR count). The van der Waals surface area contributed by atoms with E-state index in [1.165, 1.54) is 4.40 Å². The Morgan fingerprint density at radius 3 is 3.00 bits per heavy atom. The third kappa shape index (κ3) is 2.21. The van der Waals surface area contributed by atoms with Gasteiger partial charge >= 0.3 is 5.69 Å². The standard InChI is InChI=1S/C11H17N5O/c1-4-8(12-3)5-9-6-10-14-15-11(17)16(10)7(2)13-9/h6,8,12H,4-5H2,1-3H3,(H,15,17). The molecule has 17 heavy (non-hydrogen) atoms. The van der Waals surface area contributed by atoms with Crippen LogP contribution in [0, 0.1) is 6.92 Å². The Hall–Kier alpha value is -1.69. The quantitative estimate of drug-likeness (QED) is 0.797. The van der Waals surface area contributed by atoms with Gasteiger partial charge < -0.3 is 5.32 Å². The minimum Gasteiger partial charge on any atom is -0.317 e. The molecule has 1 atom stereocenters. The second kappa shape index (κ2) is 4.67. The van der Waals surface area contributed by atoms with Crippen molar-refractivity contribution in [2.75, 3.05) is 7.05 Å². The predicted molar refractivity (Wildman–Crippen MR) is 65.2 cm³/mol. The molecular formula is C11H17N5O. The summed E-state index contributed by atoms with van der Waals surface area (Å²) in [5, 5.41) is 9.63. The van der Waals surface area contributed by atoms with Gasteiger partial charge in [0.1, 0.15) is 5.82 Å². The Bertz CT molecular complexity index is 567. The summed E-state index contributed by atoms with van der Waals surface area (Å²) < 4.78 is 1.48. The zero-order valence-electron chi connectivity index (χ0n) is 10.3. The predicted octanol–water partition coefficient (Wildman–Crippen LogP) is 0.267. The normalized spacial score (nSPS) is 13.1. The van der Waals surface area contributed by atoms with Gasteiger partial charge in [0.15, 0.2) is 5.65 Å². The molecule has 2 aromatic heterocycles. The van der Waals surface area contributed by atoms with Gasteiger partial charge in [0, 0.05) is 24.2 Å². The van der Waals surface area contributed by atoms with Gasteiger partial charge in [-0.3, -0.25) is 0 Å². The van der Waals surface area contributed by atoms with Gasteiger partial charge in [0.2, 0.25) is 0 Å². The number of rotatable bonds is 4. The van der Waals surface area contributed by atoms with E-state index in [1.54, 1.807) is 0 Å². The van der Waals surface area contributed by atoms with Crippen molar-refractivity contribution in [1.29, 1.82) is 0 Å². The van der Waals surface area contributed by atoms with Crippen LogP contribution in [-0.4, -0.2) is 32.7 Å². The molecule has 0 saturated heterocycles. The van der Waals surface area contributed by atoms with E-state index in [0.29, 0.717) is 17.5 Å².